The zero-order chi connectivity index (χ0) is 15.9. The van der Waals surface area contributed by atoms with Crippen molar-refractivity contribution in [3.05, 3.63) is 63.6 Å². The van der Waals surface area contributed by atoms with E-state index < -0.39 is 0 Å². The molecule has 0 aliphatic rings. The molecule has 4 heteroatoms. The maximum atomic E-state index is 11.9. The average molecular weight is 361 g/mol. The van der Waals surface area contributed by atoms with Crippen LogP contribution in [0.15, 0.2) is 46.9 Å². The van der Waals surface area contributed by atoms with E-state index in [0.29, 0.717) is 13.0 Å². The van der Waals surface area contributed by atoms with Gasteiger partial charge in [0.2, 0.25) is 5.91 Å². The Morgan fingerprint density at radius 1 is 1.14 bits per heavy atom. The first kappa shape index (κ1) is 16.7. The van der Waals surface area contributed by atoms with Gasteiger partial charge < -0.3 is 10.6 Å². The van der Waals surface area contributed by atoms with Gasteiger partial charge in [-0.05, 0) is 43.2 Å². The predicted octanol–water partition coefficient (Wildman–Crippen LogP) is 4.18. The van der Waals surface area contributed by atoms with Crippen molar-refractivity contribution in [2.45, 2.75) is 26.8 Å². The molecule has 116 valence electrons. The zero-order valence-electron chi connectivity index (χ0n) is 12.9. The van der Waals surface area contributed by atoms with Gasteiger partial charge in [-0.15, -0.1) is 0 Å². The van der Waals surface area contributed by atoms with Gasteiger partial charge in [0.05, 0.1) is 0 Å². The fourth-order valence-electron chi connectivity index (χ4n) is 2.20. The quantitative estimate of drug-likeness (QED) is 0.758. The number of carbonyl (C=O) groups excluding carboxylic acids is 1. The molecule has 0 aromatic heterocycles. The molecule has 0 saturated carbocycles. The number of hydrogen-bond acceptors (Lipinski definition) is 2. The summed E-state index contributed by atoms with van der Waals surface area (Å²) >= 11 is 3.45. The Hall–Kier alpha value is -1.65. The third kappa shape index (κ3) is 5.28. The summed E-state index contributed by atoms with van der Waals surface area (Å²) in [5.41, 5.74) is 4.44. The molecule has 0 spiro atoms. The van der Waals surface area contributed by atoms with E-state index in [9.17, 15) is 4.79 Å². The highest BCUT2D eigenvalue weighted by Crippen LogP contribution is 2.20. The van der Waals surface area contributed by atoms with E-state index in [0.717, 1.165) is 22.3 Å². The molecule has 0 atom stereocenters. The van der Waals surface area contributed by atoms with Crippen LogP contribution in [0.1, 0.15) is 23.1 Å². The number of hydrogen-bond donors (Lipinski definition) is 2. The van der Waals surface area contributed by atoms with Crippen LogP contribution in [0.25, 0.3) is 0 Å². The molecular weight excluding hydrogens is 340 g/mol. The van der Waals surface area contributed by atoms with Gasteiger partial charge >= 0.3 is 0 Å². The van der Waals surface area contributed by atoms with Crippen molar-refractivity contribution >= 4 is 27.5 Å². The molecule has 0 heterocycles. The Balaban J connectivity index is 1.72. The first-order chi connectivity index (χ1) is 10.5. The Bertz CT molecular complexity index is 655. The highest BCUT2D eigenvalue weighted by Gasteiger charge is 2.03. The van der Waals surface area contributed by atoms with Crippen molar-refractivity contribution in [1.82, 2.24) is 5.32 Å². The molecule has 22 heavy (non-hydrogen) atoms. The Kier molecular flexibility index (Phi) is 6.16. The van der Waals surface area contributed by atoms with Crippen LogP contribution in [0.2, 0.25) is 0 Å². The Labute approximate surface area is 140 Å². The second kappa shape index (κ2) is 8.11. The molecule has 0 unspecified atom stereocenters. The number of anilines is 1. The second-order valence-electron chi connectivity index (χ2n) is 5.43. The van der Waals surface area contributed by atoms with Gasteiger partial charge in [-0.2, -0.15) is 0 Å². The monoisotopic (exact) mass is 360 g/mol. The molecule has 2 N–H and O–H groups in total. The number of carbonyl (C=O) groups is 1. The van der Waals surface area contributed by atoms with Gasteiger partial charge in [-0.25, -0.2) is 0 Å². The van der Waals surface area contributed by atoms with E-state index in [2.05, 4.69) is 57.8 Å². The highest BCUT2D eigenvalue weighted by atomic mass is 79.9. The van der Waals surface area contributed by atoms with Crippen molar-refractivity contribution < 1.29 is 4.79 Å². The van der Waals surface area contributed by atoms with Crippen LogP contribution in [0.5, 0.6) is 0 Å². The van der Waals surface area contributed by atoms with Gasteiger partial charge in [-0.1, -0.05) is 45.8 Å². The van der Waals surface area contributed by atoms with Crippen LogP contribution in [0.4, 0.5) is 5.69 Å². The minimum atomic E-state index is 0.0264. The van der Waals surface area contributed by atoms with E-state index in [1.165, 1.54) is 11.1 Å². The minimum Gasteiger partial charge on any atom is -0.326 e. The Morgan fingerprint density at radius 3 is 2.68 bits per heavy atom. The van der Waals surface area contributed by atoms with Gasteiger partial charge in [0.15, 0.2) is 0 Å². The maximum absolute atomic E-state index is 11.9. The second-order valence-corrected chi connectivity index (χ2v) is 6.28. The van der Waals surface area contributed by atoms with Crippen LogP contribution in [-0.2, 0) is 11.3 Å². The van der Waals surface area contributed by atoms with Crippen LogP contribution < -0.4 is 10.6 Å². The van der Waals surface area contributed by atoms with Crippen molar-refractivity contribution in [2.75, 3.05) is 11.9 Å². The van der Waals surface area contributed by atoms with E-state index in [1.54, 1.807) is 0 Å². The number of amides is 1. The molecule has 1 amide bonds. The molecular formula is C18H21BrN2O. The lowest BCUT2D eigenvalue weighted by molar-refractivity contribution is -0.116. The molecule has 0 radical (unpaired) electrons. The lowest BCUT2D eigenvalue weighted by Crippen LogP contribution is -2.21. The van der Waals surface area contributed by atoms with Gasteiger partial charge in [-0.3, -0.25) is 4.79 Å². The first-order valence-electron chi connectivity index (χ1n) is 7.37. The summed E-state index contributed by atoms with van der Waals surface area (Å²) in [6.07, 6.45) is 0.459. The number of nitrogens with one attached hydrogen (secondary N) is 2. The van der Waals surface area contributed by atoms with Crippen LogP contribution in [0, 0.1) is 13.8 Å². The van der Waals surface area contributed by atoms with Crippen LogP contribution in [0.3, 0.4) is 0 Å². The predicted molar refractivity (Wildman–Crippen MR) is 95.0 cm³/mol. The molecule has 2 aromatic carbocycles. The molecule has 3 nitrogen and oxygen atoms in total. The Morgan fingerprint density at radius 2 is 1.95 bits per heavy atom. The van der Waals surface area contributed by atoms with Crippen LogP contribution in [-0.4, -0.2) is 12.5 Å². The zero-order valence-corrected chi connectivity index (χ0v) is 14.5. The van der Waals surface area contributed by atoms with Gasteiger partial charge in [0.1, 0.15) is 0 Å². The highest BCUT2D eigenvalue weighted by molar-refractivity contribution is 9.10. The molecule has 0 bridgehead atoms. The average Bonchev–Trinajstić information content (AvgIpc) is 2.48. The number of benzene rings is 2. The summed E-state index contributed by atoms with van der Waals surface area (Å²) in [5.74, 6) is 0.0264. The summed E-state index contributed by atoms with van der Waals surface area (Å²) in [6, 6.07) is 14.2. The molecule has 0 fully saturated rings. The SMILES string of the molecule is Cc1cccc(CNCCC(=O)Nc2ccc(Br)c(C)c2)c1. The molecule has 0 aliphatic carbocycles. The van der Waals surface area contributed by atoms with Crippen molar-refractivity contribution in [1.29, 1.82) is 0 Å². The van der Waals surface area contributed by atoms with Gasteiger partial charge in [0.25, 0.3) is 0 Å². The van der Waals surface area contributed by atoms with E-state index in [4.69, 9.17) is 0 Å². The molecule has 2 aromatic rings. The molecule has 2 rings (SSSR count). The summed E-state index contributed by atoms with van der Waals surface area (Å²) < 4.78 is 1.05. The van der Waals surface area contributed by atoms with Crippen molar-refractivity contribution in [2.24, 2.45) is 0 Å². The van der Waals surface area contributed by atoms with Crippen molar-refractivity contribution in [3.8, 4) is 0 Å². The topological polar surface area (TPSA) is 41.1 Å². The van der Waals surface area contributed by atoms with Crippen molar-refractivity contribution in [3.63, 3.8) is 0 Å². The van der Waals surface area contributed by atoms with E-state index in [1.807, 2.05) is 25.1 Å². The maximum Gasteiger partial charge on any atom is 0.225 e. The summed E-state index contributed by atoms with van der Waals surface area (Å²) in [4.78, 5) is 11.9. The number of halogens is 1. The summed E-state index contributed by atoms with van der Waals surface area (Å²) in [6.45, 7) is 5.53. The van der Waals surface area contributed by atoms with E-state index >= 15 is 0 Å². The fraction of sp³-hybridized carbons (Fsp3) is 0.278. The summed E-state index contributed by atoms with van der Waals surface area (Å²) in [5, 5.41) is 6.22. The lowest BCUT2D eigenvalue weighted by Gasteiger charge is -2.08. The number of rotatable bonds is 6. The first-order valence-corrected chi connectivity index (χ1v) is 8.16. The smallest absolute Gasteiger partial charge is 0.225 e. The summed E-state index contributed by atoms with van der Waals surface area (Å²) in [7, 11) is 0. The number of aryl methyl sites for hydroxylation is 2. The van der Waals surface area contributed by atoms with Gasteiger partial charge in [0, 0.05) is 29.7 Å². The lowest BCUT2D eigenvalue weighted by atomic mass is 10.1. The molecule has 0 aliphatic heterocycles. The largest absolute Gasteiger partial charge is 0.326 e. The normalized spacial score (nSPS) is 10.5. The molecule has 0 saturated heterocycles. The standard InChI is InChI=1S/C18H21BrN2O/c1-13-4-3-5-15(10-13)12-20-9-8-18(22)21-16-6-7-17(19)14(2)11-16/h3-7,10-11,20H,8-9,12H2,1-2H3,(H,21,22). The fourth-order valence-corrected chi connectivity index (χ4v) is 2.45. The van der Waals surface area contributed by atoms with Crippen LogP contribution >= 0.6 is 15.9 Å². The van der Waals surface area contributed by atoms with E-state index in [-0.39, 0.29) is 5.91 Å². The third-order valence-electron chi connectivity index (χ3n) is 3.38. The third-order valence-corrected chi connectivity index (χ3v) is 4.27. The minimum absolute atomic E-state index is 0.0264.